The summed E-state index contributed by atoms with van der Waals surface area (Å²) in [6.45, 7) is 14.8. The number of benzene rings is 1. The Morgan fingerprint density at radius 2 is 1.58 bits per heavy atom. The highest BCUT2D eigenvalue weighted by molar-refractivity contribution is 7.52. The third kappa shape index (κ3) is 4.84. The molecule has 0 unspecified atom stereocenters. The van der Waals surface area contributed by atoms with E-state index in [-0.39, 0.29) is 22.7 Å². The SMILES string of the molecule is COP(=O)(Cc1c(C)cc(C(C)(C)CC(C)(C)C)c(O)c1C)OC. The first-order valence-electron chi connectivity index (χ1n) is 8.29. The van der Waals surface area contributed by atoms with Crippen LogP contribution in [0.3, 0.4) is 0 Å². The minimum absolute atomic E-state index is 0.151. The van der Waals surface area contributed by atoms with Gasteiger partial charge in [-0.25, -0.2) is 0 Å². The molecule has 0 amide bonds. The lowest BCUT2D eigenvalue weighted by Crippen LogP contribution is -2.25. The van der Waals surface area contributed by atoms with Crippen molar-refractivity contribution < 1.29 is 18.7 Å². The molecule has 0 bridgehead atoms. The van der Waals surface area contributed by atoms with Gasteiger partial charge in [0.1, 0.15) is 5.75 Å². The van der Waals surface area contributed by atoms with Gasteiger partial charge in [0.2, 0.25) is 0 Å². The molecule has 1 aromatic rings. The summed E-state index contributed by atoms with van der Waals surface area (Å²) in [5.74, 6) is 0.281. The Morgan fingerprint density at radius 1 is 1.08 bits per heavy atom. The summed E-state index contributed by atoms with van der Waals surface area (Å²) in [5.41, 5.74) is 3.49. The van der Waals surface area contributed by atoms with E-state index >= 15 is 0 Å². The van der Waals surface area contributed by atoms with Crippen LogP contribution in [0.5, 0.6) is 5.75 Å². The van der Waals surface area contributed by atoms with Crippen LogP contribution in [-0.2, 0) is 25.2 Å². The van der Waals surface area contributed by atoms with Crippen molar-refractivity contribution in [1.29, 1.82) is 0 Å². The Balaban J connectivity index is 3.40. The van der Waals surface area contributed by atoms with E-state index in [0.717, 1.165) is 28.7 Å². The maximum absolute atomic E-state index is 12.5. The molecule has 1 rings (SSSR count). The van der Waals surface area contributed by atoms with Gasteiger partial charge in [0.05, 0.1) is 6.16 Å². The van der Waals surface area contributed by atoms with Crippen LogP contribution in [0.4, 0.5) is 0 Å². The standard InChI is InChI=1S/C19H33O4P/c1-13-10-16(19(6,7)12-18(3,4)5)17(20)14(2)15(13)11-24(21,22-8)23-9/h10,20H,11-12H2,1-9H3. The zero-order chi connectivity index (χ0) is 18.9. The van der Waals surface area contributed by atoms with Crippen LogP contribution >= 0.6 is 7.60 Å². The van der Waals surface area contributed by atoms with Crippen molar-refractivity contribution >= 4 is 7.60 Å². The molecule has 0 fully saturated rings. The normalized spacial score (nSPS) is 13.4. The molecule has 0 aliphatic rings. The van der Waals surface area contributed by atoms with E-state index in [9.17, 15) is 9.67 Å². The van der Waals surface area contributed by atoms with Crippen molar-refractivity contribution in [2.75, 3.05) is 14.2 Å². The Bertz CT molecular complexity index is 634. The van der Waals surface area contributed by atoms with E-state index in [2.05, 4.69) is 34.6 Å². The van der Waals surface area contributed by atoms with Crippen molar-refractivity contribution in [2.45, 2.75) is 66.5 Å². The lowest BCUT2D eigenvalue weighted by molar-refractivity contribution is 0.274. The van der Waals surface area contributed by atoms with Gasteiger partial charge in [-0.1, -0.05) is 40.7 Å². The minimum atomic E-state index is -3.18. The van der Waals surface area contributed by atoms with Crippen LogP contribution in [0.15, 0.2) is 6.07 Å². The number of phenols is 1. The molecule has 0 aromatic heterocycles. The maximum Gasteiger partial charge on any atom is 0.334 e. The second kappa shape index (κ2) is 7.19. The molecule has 0 saturated carbocycles. The van der Waals surface area contributed by atoms with Crippen LogP contribution in [0, 0.1) is 19.3 Å². The van der Waals surface area contributed by atoms with Crippen molar-refractivity contribution in [2.24, 2.45) is 5.41 Å². The van der Waals surface area contributed by atoms with Gasteiger partial charge in [0.25, 0.3) is 0 Å². The highest BCUT2D eigenvalue weighted by atomic mass is 31.2. The molecular weight excluding hydrogens is 323 g/mol. The van der Waals surface area contributed by atoms with Gasteiger partial charge in [-0.15, -0.1) is 0 Å². The number of rotatable bonds is 6. The van der Waals surface area contributed by atoms with E-state index in [0.29, 0.717) is 0 Å². The van der Waals surface area contributed by atoms with Crippen LogP contribution in [0.25, 0.3) is 0 Å². The third-order valence-electron chi connectivity index (χ3n) is 4.51. The van der Waals surface area contributed by atoms with Gasteiger partial charge in [-0.05, 0) is 47.8 Å². The molecule has 4 nitrogen and oxygen atoms in total. The molecule has 24 heavy (non-hydrogen) atoms. The largest absolute Gasteiger partial charge is 0.507 e. The highest BCUT2D eigenvalue weighted by Crippen LogP contribution is 2.52. The number of hydrogen-bond acceptors (Lipinski definition) is 4. The van der Waals surface area contributed by atoms with Gasteiger partial charge in [-0.2, -0.15) is 0 Å². The number of hydrogen-bond donors (Lipinski definition) is 1. The second-order valence-electron chi connectivity index (χ2n) is 8.45. The summed E-state index contributed by atoms with van der Waals surface area (Å²) >= 11 is 0. The van der Waals surface area contributed by atoms with Gasteiger partial charge in [0, 0.05) is 19.8 Å². The molecule has 0 aliphatic heterocycles. The minimum Gasteiger partial charge on any atom is -0.507 e. The topological polar surface area (TPSA) is 55.8 Å². The monoisotopic (exact) mass is 356 g/mol. The van der Waals surface area contributed by atoms with Gasteiger partial charge in [0.15, 0.2) is 0 Å². The molecular formula is C19H33O4P. The molecule has 0 heterocycles. The fourth-order valence-electron chi connectivity index (χ4n) is 3.59. The summed E-state index contributed by atoms with van der Waals surface area (Å²) in [6, 6.07) is 2.01. The summed E-state index contributed by atoms with van der Waals surface area (Å²) in [6.07, 6.45) is 1.10. The van der Waals surface area contributed by atoms with Crippen LogP contribution in [0.2, 0.25) is 0 Å². The molecule has 0 saturated heterocycles. The number of aryl methyl sites for hydroxylation is 1. The Labute approximate surface area is 147 Å². The van der Waals surface area contributed by atoms with Gasteiger partial charge < -0.3 is 14.2 Å². The summed E-state index contributed by atoms with van der Waals surface area (Å²) < 4.78 is 22.6. The first-order chi connectivity index (χ1) is 10.8. The van der Waals surface area contributed by atoms with E-state index in [4.69, 9.17) is 9.05 Å². The van der Waals surface area contributed by atoms with Crippen molar-refractivity contribution in [1.82, 2.24) is 0 Å². The predicted molar refractivity (Wildman–Crippen MR) is 100 cm³/mol. The fraction of sp³-hybridized carbons (Fsp3) is 0.684. The van der Waals surface area contributed by atoms with Crippen molar-refractivity contribution in [3.05, 3.63) is 28.3 Å². The number of phenolic OH excluding ortho intramolecular Hbond substituents is 1. The van der Waals surface area contributed by atoms with Crippen LogP contribution in [-0.4, -0.2) is 19.3 Å². The summed E-state index contributed by atoms with van der Waals surface area (Å²) in [4.78, 5) is 0. The first-order valence-corrected chi connectivity index (χ1v) is 10.0. The molecule has 5 heteroatoms. The maximum atomic E-state index is 12.5. The molecule has 0 atom stereocenters. The van der Waals surface area contributed by atoms with Gasteiger partial charge >= 0.3 is 7.60 Å². The predicted octanol–water partition coefficient (Wildman–Crippen LogP) is 5.71. The average molecular weight is 356 g/mol. The molecule has 138 valence electrons. The molecule has 0 spiro atoms. The average Bonchev–Trinajstić information content (AvgIpc) is 2.44. The zero-order valence-corrected chi connectivity index (χ0v) is 17.5. The lowest BCUT2D eigenvalue weighted by Gasteiger charge is -2.34. The van der Waals surface area contributed by atoms with Crippen molar-refractivity contribution in [3.8, 4) is 5.75 Å². The number of aromatic hydroxyl groups is 1. The quantitative estimate of drug-likeness (QED) is 0.663. The van der Waals surface area contributed by atoms with Gasteiger partial charge in [-0.3, -0.25) is 4.57 Å². The fourth-order valence-corrected chi connectivity index (χ4v) is 4.87. The molecule has 0 aliphatic carbocycles. The Hall–Kier alpha value is -0.830. The first kappa shape index (κ1) is 21.2. The molecule has 0 radical (unpaired) electrons. The Morgan fingerprint density at radius 3 is 2.00 bits per heavy atom. The summed E-state index contributed by atoms with van der Waals surface area (Å²) in [5, 5.41) is 10.8. The zero-order valence-electron chi connectivity index (χ0n) is 16.6. The highest BCUT2D eigenvalue weighted by Gasteiger charge is 2.32. The molecule has 1 aromatic carbocycles. The molecule has 1 N–H and O–H groups in total. The van der Waals surface area contributed by atoms with E-state index < -0.39 is 7.60 Å². The van der Waals surface area contributed by atoms with E-state index in [1.54, 1.807) is 0 Å². The second-order valence-corrected chi connectivity index (χ2v) is 10.7. The smallest absolute Gasteiger partial charge is 0.334 e. The van der Waals surface area contributed by atoms with Crippen molar-refractivity contribution in [3.63, 3.8) is 0 Å². The Kier molecular flexibility index (Phi) is 6.36. The van der Waals surface area contributed by atoms with E-state index in [1.807, 2.05) is 19.9 Å². The summed E-state index contributed by atoms with van der Waals surface area (Å²) in [7, 11) is -0.408. The third-order valence-corrected chi connectivity index (χ3v) is 6.33. The lowest BCUT2D eigenvalue weighted by atomic mass is 9.71. The van der Waals surface area contributed by atoms with E-state index in [1.165, 1.54) is 14.2 Å². The van der Waals surface area contributed by atoms with Crippen LogP contribution in [0.1, 0.15) is 63.3 Å². The van der Waals surface area contributed by atoms with Crippen LogP contribution < -0.4 is 0 Å².